The van der Waals surface area contributed by atoms with Gasteiger partial charge in [0.1, 0.15) is 5.65 Å². The first kappa shape index (κ1) is 17.0. The van der Waals surface area contributed by atoms with Crippen molar-refractivity contribution < 1.29 is 9.47 Å². The van der Waals surface area contributed by atoms with Gasteiger partial charge in [0.05, 0.1) is 19.9 Å². The number of nitrogens with one attached hydrogen (secondary N) is 1. The van der Waals surface area contributed by atoms with Crippen molar-refractivity contribution in [2.75, 3.05) is 46.7 Å². The van der Waals surface area contributed by atoms with Gasteiger partial charge >= 0.3 is 0 Å². The van der Waals surface area contributed by atoms with Crippen LogP contribution in [-0.4, -0.2) is 60.7 Å². The highest BCUT2D eigenvalue weighted by atomic mass is 16.5. The van der Waals surface area contributed by atoms with E-state index in [1.165, 1.54) is 0 Å². The van der Waals surface area contributed by atoms with E-state index in [0.717, 1.165) is 35.9 Å². The molecule has 7 nitrogen and oxygen atoms in total. The molecule has 132 valence electrons. The van der Waals surface area contributed by atoms with Crippen LogP contribution in [0.5, 0.6) is 11.5 Å². The molecule has 0 fully saturated rings. The summed E-state index contributed by atoms with van der Waals surface area (Å²) >= 11 is 0. The molecule has 0 bridgehead atoms. The topological polar surface area (TPSA) is 63.9 Å². The lowest BCUT2D eigenvalue weighted by atomic mass is 10.1. The zero-order valence-electron chi connectivity index (χ0n) is 15.0. The number of anilines is 1. The van der Waals surface area contributed by atoms with Crippen LogP contribution < -0.4 is 14.8 Å². The summed E-state index contributed by atoms with van der Waals surface area (Å²) in [6, 6.07) is 7.72. The summed E-state index contributed by atoms with van der Waals surface area (Å²) in [4.78, 5) is 11.3. The van der Waals surface area contributed by atoms with Gasteiger partial charge in [0.2, 0.25) is 5.95 Å². The van der Waals surface area contributed by atoms with Gasteiger partial charge in [-0.2, -0.15) is 0 Å². The van der Waals surface area contributed by atoms with Crippen LogP contribution in [0.15, 0.2) is 36.7 Å². The van der Waals surface area contributed by atoms with Gasteiger partial charge in [0, 0.05) is 37.1 Å². The van der Waals surface area contributed by atoms with E-state index in [1.807, 2.05) is 49.0 Å². The molecular formula is C18H23N5O2. The molecule has 2 aromatic heterocycles. The van der Waals surface area contributed by atoms with E-state index in [0.29, 0.717) is 11.5 Å². The van der Waals surface area contributed by atoms with Crippen molar-refractivity contribution in [3.05, 3.63) is 36.7 Å². The molecule has 0 unspecified atom stereocenters. The van der Waals surface area contributed by atoms with Crippen molar-refractivity contribution in [3.63, 3.8) is 0 Å². The highest BCUT2D eigenvalue weighted by Crippen LogP contribution is 2.32. The molecule has 3 aromatic rings. The Kier molecular flexibility index (Phi) is 5.04. The first-order valence-electron chi connectivity index (χ1n) is 8.07. The molecular weight excluding hydrogens is 318 g/mol. The molecule has 2 heterocycles. The summed E-state index contributed by atoms with van der Waals surface area (Å²) < 4.78 is 12.6. The van der Waals surface area contributed by atoms with Crippen LogP contribution in [-0.2, 0) is 0 Å². The molecule has 1 N–H and O–H groups in total. The average molecular weight is 341 g/mol. The first-order valence-corrected chi connectivity index (χ1v) is 8.07. The number of nitrogens with zero attached hydrogens (tertiary/aromatic N) is 4. The number of imidazole rings is 1. The van der Waals surface area contributed by atoms with Crippen molar-refractivity contribution in [2.45, 2.75) is 0 Å². The Morgan fingerprint density at radius 2 is 1.92 bits per heavy atom. The highest BCUT2D eigenvalue weighted by molar-refractivity contribution is 5.68. The Hall–Kier alpha value is -2.80. The zero-order chi connectivity index (χ0) is 17.8. The van der Waals surface area contributed by atoms with Crippen LogP contribution in [0, 0.1) is 0 Å². The van der Waals surface area contributed by atoms with Crippen LogP contribution in [0.25, 0.3) is 16.9 Å². The maximum absolute atomic E-state index is 5.40. The minimum Gasteiger partial charge on any atom is -0.493 e. The Labute approximate surface area is 147 Å². The van der Waals surface area contributed by atoms with Gasteiger partial charge < -0.3 is 19.7 Å². The lowest BCUT2D eigenvalue weighted by Crippen LogP contribution is -2.22. The predicted molar refractivity (Wildman–Crippen MR) is 98.6 cm³/mol. The van der Waals surface area contributed by atoms with E-state index in [4.69, 9.17) is 14.5 Å². The Morgan fingerprint density at radius 3 is 2.64 bits per heavy atom. The molecule has 0 spiro atoms. The molecule has 0 aliphatic carbocycles. The van der Waals surface area contributed by atoms with Crippen LogP contribution >= 0.6 is 0 Å². The average Bonchev–Trinajstić information content (AvgIpc) is 3.09. The monoisotopic (exact) mass is 341 g/mol. The number of ether oxygens (including phenoxy) is 2. The second-order valence-electron chi connectivity index (χ2n) is 5.92. The van der Waals surface area contributed by atoms with Crippen molar-refractivity contribution in [3.8, 4) is 22.8 Å². The highest BCUT2D eigenvalue weighted by Gasteiger charge is 2.11. The maximum atomic E-state index is 5.40. The third-order valence-corrected chi connectivity index (χ3v) is 3.91. The third kappa shape index (κ3) is 3.66. The summed E-state index contributed by atoms with van der Waals surface area (Å²) in [5.41, 5.74) is 2.61. The number of rotatable bonds is 7. The molecule has 0 saturated carbocycles. The minimum atomic E-state index is 0.673. The number of methoxy groups -OCH3 is 2. The van der Waals surface area contributed by atoms with Crippen molar-refractivity contribution >= 4 is 11.6 Å². The van der Waals surface area contributed by atoms with E-state index in [9.17, 15) is 0 Å². The molecule has 0 amide bonds. The van der Waals surface area contributed by atoms with E-state index >= 15 is 0 Å². The molecule has 0 atom stereocenters. The summed E-state index contributed by atoms with van der Waals surface area (Å²) in [5.74, 6) is 2.13. The Balaban J connectivity index is 1.99. The van der Waals surface area contributed by atoms with Crippen LogP contribution in [0.1, 0.15) is 0 Å². The van der Waals surface area contributed by atoms with Gasteiger partial charge in [0.15, 0.2) is 11.5 Å². The number of aromatic nitrogens is 3. The summed E-state index contributed by atoms with van der Waals surface area (Å²) in [6.07, 6.45) is 3.67. The van der Waals surface area contributed by atoms with Gasteiger partial charge in [-0.15, -0.1) is 0 Å². The molecule has 0 radical (unpaired) electrons. The van der Waals surface area contributed by atoms with Gasteiger partial charge in [-0.25, -0.2) is 9.97 Å². The predicted octanol–water partition coefficient (Wildman–Crippen LogP) is 2.39. The lowest BCUT2D eigenvalue weighted by Gasteiger charge is -2.14. The van der Waals surface area contributed by atoms with Gasteiger partial charge in [-0.1, -0.05) is 0 Å². The molecule has 0 aliphatic rings. The summed E-state index contributed by atoms with van der Waals surface area (Å²) in [7, 11) is 7.34. The molecule has 3 rings (SSSR count). The second kappa shape index (κ2) is 7.40. The molecule has 7 heteroatoms. The van der Waals surface area contributed by atoms with E-state index in [-0.39, 0.29) is 0 Å². The smallest absolute Gasteiger partial charge is 0.209 e. The zero-order valence-corrected chi connectivity index (χ0v) is 15.0. The fourth-order valence-corrected chi connectivity index (χ4v) is 2.58. The lowest BCUT2D eigenvalue weighted by molar-refractivity contribution is 0.355. The number of benzene rings is 1. The van der Waals surface area contributed by atoms with Crippen molar-refractivity contribution in [1.29, 1.82) is 0 Å². The van der Waals surface area contributed by atoms with Gasteiger partial charge in [-0.3, -0.25) is 4.40 Å². The number of likely N-dealkylation sites (N-methyl/N-ethyl adjacent to an activating group) is 1. The molecule has 1 aromatic carbocycles. The fraction of sp³-hybridized carbons (Fsp3) is 0.333. The third-order valence-electron chi connectivity index (χ3n) is 3.91. The maximum Gasteiger partial charge on any atom is 0.209 e. The first-order chi connectivity index (χ1) is 12.1. The standard InChI is InChI=1S/C18H23N5O2/c1-22(2)9-7-20-18-21-14(12-17-19-8-10-23(17)18)13-5-6-15(24-3)16(11-13)25-4/h5-6,8,10-12H,7,9H2,1-4H3,(H,20,21). The molecule has 0 saturated heterocycles. The van der Waals surface area contributed by atoms with Crippen LogP contribution in [0.3, 0.4) is 0 Å². The summed E-state index contributed by atoms with van der Waals surface area (Å²) in [6.45, 7) is 1.71. The minimum absolute atomic E-state index is 0.673. The molecule has 0 aliphatic heterocycles. The quantitative estimate of drug-likeness (QED) is 0.712. The van der Waals surface area contributed by atoms with Gasteiger partial charge in [-0.05, 0) is 32.3 Å². The second-order valence-corrected chi connectivity index (χ2v) is 5.92. The molecule has 25 heavy (non-hydrogen) atoms. The largest absolute Gasteiger partial charge is 0.493 e. The van der Waals surface area contributed by atoms with Gasteiger partial charge in [0.25, 0.3) is 0 Å². The normalized spacial score (nSPS) is 11.1. The van der Waals surface area contributed by atoms with Crippen LogP contribution in [0.4, 0.5) is 5.95 Å². The fourth-order valence-electron chi connectivity index (χ4n) is 2.58. The number of hydrogen-bond donors (Lipinski definition) is 1. The summed E-state index contributed by atoms with van der Waals surface area (Å²) in [5, 5.41) is 3.38. The van der Waals surface area contributed by atoms with E-state index in [1.54, 1.807) is 20.4 Å². The Bertz CT molecular complexity index is 860. The Morgan fingerprint density at radius 1 is 1.12 bits per heavy atom. The van der Waals surface area contributed by atoms with Crippen molar-refractivity contribution in [2.24, 2.45) is 0 Å². The number of hydrogen-bond acceptors (Lipinski definition) is 6. The van der Waals surface area contributed by atoms with Crippen LogP contribution in [0.2, 0.25) is 0 Å². The van der Waals surface area contributed by atoms with E-state index in [2.05, 4.69) is 15.2 Å². The van der Waals surface area contributed by atoms with E-state index < -0.39 is 0 Å². The SMILES string of the molecule is COc1ccc(-c2cc3nccn3c(NCCN(C)C)n2)cc1OC. The number of fused-ring (bicyclic) bond motifs is 1. The van der Waals surface area contributed by atoms with Crippen molar-refractivity contribution in [1.82, 2.24) is 19.3 Å².